The molecule has 0 saturated heterocycles. The van der Waals surface area contributed by atoms with Crippen LogP contribution < -0.4 is 16.0 Å². The fourth-order valence-electron chi connectivity index (χ4n) is 2.17. The van der Waals surface area contributed by atoms with Gasteiger partial charge in [-0.1, -0.05) is 11.6 Å². The molecule has 0 aliphatic heterocycles. The molecule has 6 nitrogen and oxygen atoms in total. The summed E-state index contributed by atoms with van der Waals surface area (Å²) < 4.78 is 0. The molecule has 1 aromatic heterocycles. The number of aliphatic hydroxyl groups excluding tert-OH is 1. The molecule has 0 fully saturated rings. The van der Waals surface area contributed by atoms with E-state index in [1.165, 1.54) is 6.33 Å². The lowest BCUT2D eigenvalue weighted by Gasteiger charge is -2.23. The van der Waals surface area contributed by atoms with Crippen molar-refractivity contribution in [2.75, 3.05) is 35.6 Å². The SMILES string of the molecule is CCN(CCO)c1ncnc(Nc2ccc(Cl)cc2C)c1N. The number of aromatic nitrogens is 2. The minimum atomic E-state index is 0.0380. The second-order valence-corrected chi connectivity index (χ2v) is 5.28. The molecule has 0 unspecified atom stereocenters. The maximum atomic E-state index is 9.13. The van der Waals surface area contributed by atoms with Gasteiger partial charge in [0, 0.05) is 23.8 Å². The molecule has 0 atom stereocenters. The highest BCUT2D eigenvalue weighted by atomic mass is 35.5. The van der Waals surface area contributed by atoms with Crippen molar-refractivity contribution >= 4 is 34.6 Å². The summed E-state index contributed by atoms with van der Waals surface area (Å²) in [5.41, 5.74) is 8.51. The number of nitrogens with zero attached hydrogens (tertiary/aromatic N) is 3. The van der Waals surface area contributed by atoms with Crippen molar-refractivity contribution in [2.24, 2.45) is 0 Å². The number of benzene rings is 1. The van der Waals surface area contributed by atoms with E-state index in [0.717, 1.165) is 11.3 Å². The van der Waals surface area contributed by atoms with Crippen LogP contribution in [0.25, 0.3) is 0 Å². The van der Waals surface area contributed by atoms with Gasteiger partial charge >= 0.3 is 0 Å². The van der Waals surface area contributed by atoms with Crippen molar-refractivity contribution in [1.82, 2.24) is 9.97 Å². The van der Waals surface area contributed by atoms with Gasteiger partial charge in [0.25, 0.3) is 0 Å². The number of nitrogen functional groups attached to an aromatic ring is 1. The summed E-state index contributed by atoms with van der Waals surface area (Å²) in [5, 5.41) is 13.0. The Kier molecular flexibility index (Phi) is 5.41. The first-order valence-corrected chi connectivity index (χ1v) is 7.44. The quantitative estimate of drug-likeness (QED) is 0.758. The Balaban J connectivity index is 2.32. The molecule has 0 bridgehead atoms. The molecule has 0 spiro atoms. The van der Waals surface area contributed by atoms with Crippen LogP contribution in [0.3, 0.4) is 0 Å². The second-order valence-electron chi connectivity index (χ2n) is 4.85. The highest BCUT2D eigenvalue weighted by Gasteiger charge is 2.14. The molecule has 0 saturated carbocycles. The topological polar surface area (TPSA) is 87.3 Å². The van der Waals surface area contributed by atoms with E-state index in [0.29, 0.717) is 35.4 Å². The second kappa shape index (κ2) is 7.29. The highest BCUT2D eigenvalue weighted by molar-refractivity contribution is 6.30. The molecule has 1 aromatic carbocycles. The summed E-state index contributed by atoms with van der Waals surface area (Å²) in [6.45, 7) is 5.14. The summed E-state index contributed by atoms with van der Waals surface area (Å²) >= 11 is 5.96. The van der Waals surface area contributed by atoms with Crippen molar-refractivity contribution in [3.8, 4) is 0 Å². The van der Waals surface area contributed by atoms with Gasteiger partial charge in [-0.15, -0.1) is 0 Å². The molecule has 0 amide bonds. The Morgan fingerprint density at radius 1 is 1.36 bits per heavy atom. The van der Waals surface area contributed by atoms with E-state index in [2.05, 4.69) is 15.3 Å². The summed E-state index contributed by atoms with van der Waals surface area (Å²) in [7, 11) is 0. The molecule has 0 aliphatic carbocycles. The summed E-state index contributed by atoms with van der Waals surface area (Å²) in [5.74, 6) is 1.15. The maximum Gasteiger partial charge on any atom is 0.159 e. The van der Waals surface area contributed by atoms with Gasteiger partial charge in [-0.2, -0.15) is 0 Å². The molecule has 22 heavy (non-hydrogen) atoms. The lowest BCUT2D eigenvalue weighted by molar-refractivity contribution is 0.302. The van der Waals surface area contributed by atoms with Crippen molar-refractivity contribution < 1.29 is 5.11 Å². The molecule has 118 valence electrons. The third-order valence-corrected chi connectivity index (χ3v) is 3.59. The first kappa shape index (κ1) is 16.3. The van der Waals surface area contributed by atoms with Crippen LogP contribution in [0, 0.1) is 6.92 Å². The molecule has 2 aromatic rings. The van der Waals surface area contributed by atoms with E-state index >= 15 is 0 Å². The number of nitrogens with two attached hydrogens (primary N) is 1. The number of aryl methyl sites for hydroxylation is 1. The van der Waals surface area contributed by atoms with Gasteiger partial charge < -0.3 is 21.1 Å². The number of hydrogen-bond donors (Lipinski definition) is 3. The zero-order valence-corrected chi connectivity index (χ0v) is 13.4. The van der Waals surface area contributed by atoms with Crippen molar-refractivity contribution in [3.63, 3.8) is 0 Å². The van der Waals surface area contributed by atoms with Gasteiger partial charge in [0.15, 0.2) is 11.6 Å². The molecule has 0 radical (unpaired) electrons. The monoisotopic (exact) mass is 321 g/mol. The van der Waals surface area contributed by atoms with E-state index < -0.39 is 0 Å². The Morgan fingerprint density at radius 3 is 2.77 bits per heavy atom. The molecule has 7 heteroatoms. The molecular weight excluding hydrogens is 302 g/mol. The predicted molar refractivity (Wildman–Crippen MR) is 90.9 cm³/mol. The van der Waals surface area contributed by atoms with Crippen LogP contribution in [-0.4, -0.2) is 34.8 Å². The minimum absolute atomic E-state index is 0.0380. The molecular formula is C15H20ClN5O. The lowest BCUT2D eigenvalue weighted by Crippen LogP contribution is -2.28. The maximum absolute atomic E-state index is 9.13. The molecule has 1 heterocycles. The smallest absolute Gasteiger partial charge is 0.159 e. The van der Waals surface area contributed by atoms with Gasteiger partial charge in [-0.25, -0.2) is 9.97 Å². The van der Waals surface area contributed by atoms with Crippen LogP contribution in [0.15, 0.2) is 24.5 Å². The highest BCUT2D eigenvalue weighted by Crippen LogP contribution is 2.30. The Bertz CT molecular complexity index is 650. The molecule has 0 aliphatic rings. The number of anilines is 4. The number of halogens is 1. The van der Waals surface area contributed by atoms with Gasteiger partial charge in [0.05, 0.1) is 6.61 Å². The van der Waals surface area contributed by atoms with Gasteiger partial charge in [0.2, 0.25) is 0 Å². The van der Waals surface area contributed by atoms with Crippen LogP contribution in [0.1, 0.15) is 12.5 Å². The number of aliphatic hydroxyl groups is 1. The van der Waals surface area contributed by atoms with E-state index in [1.54, 1.807) is 6.07 Å². The van der Waals surface area contributed by atoms with Gasteiger partial charge in [-0.3, -0.25) is 0 Å². The van der Waals surface area contributed by atoms with Crippen molar-refractivity contribution in [1.29, 1.82) is 0 Å². The Labute approximate surface area is 134 Å². The number of rotatable bonds is 6. The fourth-order valence-corrected chi connectivity index (χ4v) is 2.39. The average molecular weight is 322 g/mol. The third-order valence-electron chi connectivity index (χ3n) is 3.36. The number of nitrogens with one attached hydrogen (secondary N) is 1. The first-order valence-electron chi connectivity index (χ1n) is 7.06. The Hall–Kier alpha value is -2.05. The molecule has 4 N–H and O–H groups in total. The van der Waals surface area contributed by atoms with E-state index in [9.17, 15) is 0 Å². The third kappa shape index (κ3) is 3.58. The van der Waals surface area contributed by atoms with Crippen LogP contribution in [0.5, 0.6) is 0 Å². The summed E-state index contributed by atoms with van der Waals surface area (Å²) in [6.07, 6.45) is 1.46. The van der Waals surface area contributed by atoms with Crippen LogP contribution in [0.2, 0.25) is 5.02 Å². The van der Waals surface area contributed by atoms with Crippen LogP contribution in [-0.2, 0) is 0 Å². The van der Waals surface area contributed by atoms with Gasteiger partial charge in [-0.05, 0) is 37.6 Å². The lowest BCUT2D eigenvalue weighted by atomic mass is 10.2. The largest absolute Gasteiger partial charge is 0.395 e. The summed E-state index contributed by atoms with van der Waals surface area (Å²) in [4.78, 5) is 10.3. The average Bonchev–Trinajstić information content (AvgIpc) is 2.50. The normalized spacial score (nSPS) is 10.5. The zero-order valence-electron chi connectivity index (χ0n) is 12.7. The number of hydrogen-bond acceptors (Lipinski definition) is 6. The molecule has 2 rings (SSSR count). The summed E-state index contributed by atoms with van der Waals surface area (Å²) in [6, 6.07) is 5.55. The standard InChI is InChI=1S/C15H20ClN5O/c1-3-21(6-7-22)15-13(17)14(18-9-19-15)20-12-5-4-11(16)8-10(12)2/h4-5,8-9,22H,3,6-7,17H2,1-2H3,(H,18,19,20). The van der Waals surface area contributed by atoms with Crippen LogP contribution >= 0.6 is 11.6 Å². The van der Waals surface area contributed by atoms with E-state index in [1.807, 2.05) is 30.9 Å². The minimum Gasteiger partial charge on any atom is -0.395 e. The van der Waals surface area contributed by atoms with Crippen molar-refractivity contribution in [2.45, 2.75) is 13.8 Å². The van der Waals surface area contributed by atoms with Crippen LogP contribution in [0.4, 0.5) is 23.0 Å². The first-order chi connectivity index (χ1) is 10.6. The number of likely N-dealkylation sites (N-methyl/N-ethyl adjacent to an activating group) is 1. The van der Waals surface area contributed by atoms with Crippen molar-refractivity contribution in [3.05, 3.63) is 35.1 Å². The van der Waals surface area contributed by atoms with Gasteiger partial charge in [0.1, 0.15) is 12.0 Å². The Morgan fingerprint density at radius 2 is 2.14 bits per heavy atom. The fraction of sp³-hybridized carbons (Fsp3) is 0.333. The van der Waals surface area contributed by atoms with E-state index in [4.69, 9.17) is 22.4 Å². The zero-order chi connectivity index (χ0) is 16.1. The predicted octanol–water partition coefficient (Wildman–Crippen LogP) is 2.58. The van der Waals surface area contributed by atoms with E-state index in [-0.39, 0.29) is 6.61 Å².